The summed E-state index contributed by atoms with van der Waals surface area (Å²) in [6.45, 7) is 7.27. The van der Waals surface area contributed by atoms with E-state index in [2.05, 4.69) is 33.2 Å². The molecule has 56 heavy (non-hydrogen) atoms. The second-order valence-electron chi connectivity index (χ2n) is 13.5. The van der Waals surface area contributed by atoms with E-state index in [1.54, 1.807) is 41.3 Å². The maximum Gasteiger partial charge on any atom is 0.243 e. The van der Waals surface area contributed by atoms with E-state index in [0.717, 1.165) is 11.1 Å². The lowest BCUT2D eigenvalue weighted by Gasteiger charge is -2.32. The molecule has 0 saturated carbocycles. The van der Waals surface area contributed by atoms with E-state index in [4.69, 9.17) is 14.9 Å². The Morgan fingerprint density at radius 1 is 0.857 bits per heavy atom. The molecule has 0 spiro atoms. The summed E-state index contributed by atoms with van der Waals surface area (Å²) in [7, 11) is 0. The van der Waals surface area contributed by atoms with Crippen LogP contribution in [0, 0.1) is 5.92 Å². The topological polar surface area (TPSA) is 214 Å². The van der Waals surface area contributed by atoms with Gasteiger partial charge in [-0.05, 0) is 53.3 Å². The predicted molar refractivity (Wildman–Crippen MR) is 208 cm³/mol. The molecule has 1 aliphatic heterocycles. The molecule has 0 bridgehead atoms. The fourth-order valence-corrected chi connectivity index (χ4v) is 6.40. The number of carbonyl (C=O) groups is 6. The lowest BCUT2D eigenvalue weighted by molar-refractivity contribution is -0.136. The van der Waals surface area contributed by atoms with Crippen molar-refractivity contribution in [2.45, 2.75) is 64.2 Å². The molecule has 6 amide bonds. The Morgan fingerprint density at radius 3 is 2.20 bits per heavy atom. The highest BCUT2D eigenvalue weighted by Gasteiger charge is 2.31. The Labute approximate surface area is 327 Å². The molecular weight excluding hydrogens is 718 g/mol. The number of benzene rings is 2. The summed E-state index contributed by atoms with van der Waals surface area (Å²) in [6.07, 6.45) is 4.14. The number of hydrogen-bond donors (Lipinski definition) is 6. The van der Waals surface area contributed by atoms with Gasteiger partial charge in [-0.3, -0.25) is 28.8 Å². The van der Waals surface area contributed by atoms with Gasteiger partial charge in [0.1, 0.15) is 17.8 Å². The summed E-state index contributed by atoms with van der Waals surface area (Å²) in [6, 6.07) is 16.0. The fourth-order valence-electron chi connectivity index (χ4n) is 6.40. The smallest absolute Gasteiger partial charge is 0.243 e. The third-order valence-electron chi connectivity index (χ3n) is 9.42. The first-order chi connectivity index (χ1) is 27.1. The fraction of sp³-hybridized carbons (Fsp3) is 0.415. The van der Waals surface area contributed by atoms with E-state index >= 15 is 0 Å². The standard InChI is InChI=1S/C41H53N7O8/c1-3-37(50)44-25-31-12-6-4-10-29(31)22-35(40(53)43-17-21-55-20-16-42)46-38(51)23-30-11-5-7-13-32(30)26-45-41(54)36(24-34-15-9-19-56-34)47-39(52)33-14-8-18-48(27-33)28(2)49/h3-7,9-13,15,19,33,35-36H,1,8,14,16-18,20-27,42H2,2H3,(H,43,53)(H,44,50)(H,45,54)(H,46,51)(H,47,52)/t33-,35+,36+/m1/s1. The van der Waals surface area contributed by atoms with Crippen LogP contribution in [0.2, 0.25) is 0 Å². The molecule has 1 saturated heterocycles. The van der Waals surface area contributed by atoms with Gasteiger partial charge in [-0.25, -0.2) is 0 Å². The SMILES string of the molecule is C=CC(=O)NCc1ccccc1C[C@H](NC(=O)Cc1ccccc1CNC(=O)[C@H](Cc1ccco1)NC(=O)[C@@H]1CCCN(C(C)=O)C1)C(=O)NCCOCCN. The Kier molecular flexibility index (Phi) is 17.3. The molecular formula is C41H53N7O8. The van der Waals surface area contributed by atoms with Crippen LogP contribution in [-0.4, -0.2) is 91.8 Å². The van der Waals surface area contributed by atoms with E-state index in [0.29, 0.717) is 49.4 Å². The molecule has 1 fully saturated rings. The zero-order valence-corrected chi connectivity index (χ0v) is 31.9. The summed E-state index contributed by atoms with van der Waals surface area (Å²) in [5.41, 5.74) is 8.32. The van der Waals surface area contributed by atoms with E-state index < -0.39 is 35.7 Å². The summed E-state index contributed by atoms with van der Waals surface area (Å²) >= 11 is 0. The summed E-state index contributed by atoms with van der Waals surface area (Å²) in [5, 5.41) is 14.2. The highest BCUT2D eigenvalue weighted by Crippen LogP contribution is 2.18. The van der Waals surface area contributed by atoms with Gasteiger partial charge in [0.05, 0.1) is 31.8 Å². The summed E-state index contributed by atoms with van der Waals surface area (Å²) in [4.78, 5) is 79.5. The molecule has 15 nitrogen and oxygen atoms in total. The maximum absolute atomic E-state index is 13.6. The van der Waals surface area contributed by atoms with Crippen LogP contribution in [0.5, 0.6) is 0 Å². The Balaban J connectivity index is 1.43. The summed E-state index contributed by atoms with van der Waals surface area (Å²) < 4.78 is 10.9. The Morgan fingerprint density at radius 2 is 1.52 bits per heavy atom. The van der Waals surface area contributed by atoms with Gasteiger partial charge in [0.25, 0.3) is 0 Å². The van der Waals surface area contributed by atoms with Gasteiger partial charge in [-0.15, -0.1) is 0 Å². The monoisotopic (exact) mass is 771 g/mol. The average Bonchev–Trinajstić information content (AvgIpc) is 3.72. The minimum Gasteiger partial charge on any atom is -0.469 e. The zero-order chi connectivity index (χ0) is 40.3. The average molecular weight is 772 g/mol. The highest BCUT2D eigenvalue weighted by molar-refractivity contribution is 5.90. The van der Waals surface area contributed by atoms with Crippen molar-refractivity contribution >= 4 is 35.4 Å². The number of nitrogens with one attached hydrogen (secondary N) is 5. The highest BCUT2D eigenvalue weighted by atomic mass is 16.5. The molecule has 7 N–H and O–H groups in total. The third-order valence-corrected chi connectivity index (χ3v) is 9.42. The molecule has 1 aromatic heterocycles. The van der Waals surface area contributed by atoms with Crippen LogP contribution in [0.25, 0.3) is 0 Å². The quantitative estimate of drug-likeness (QED) is 0.0674. The van der Waals surface area contributed by atoms with Crippen LogP contribution in [0.15, 0.2) is 84.0 Å². The number of likely N-dealkylation sites (tertiary alicyclic amines) is 1. The van der Waals surface area contributed by atoms with Crippen LogP contribution in [0.3, 0.4) is 0 Å². The number of rotatable bonds is 21. The first-order valence-corrected chi connectivity index (χ1v) is 18.8. The number of hydrogen-bond acceptors (Lipinski definition) is 9. The van der Waals surface area contributed by atoms with Gasteiger partial charge >= 0.3 is 0 Å². The lowest BCUT2D eigenvalue weighted by Crippen LogP contribution is -2.52. The molecule has 0 unspecified atom stereocenters. The number of nitrogens with zero attached hydrogens (tertiary/aromatic N) is 1. The Hall–Kier alpha value is -5.80. The minimum absolute atomic E-state index is 0.0604. The Bertz CT molecular complexity index is 1800. The molecule has 1 aliphatic rings. The van der Waals surface area contributed by atoms with Crippen molar-refractivity contribution in [3.05, 3.63) is 108 Å². The lowest BCUT2D eigenvalue weighted by atomic mass is 9.96. The first kappa shape index (κ1) is 42.9. The number of ether oxygens (including phenoxy) is 1. The molecule has 0 aliphatic carbocycles. The number of piperidine rings is 1. The van der Waals surface area contributed by atoms with Gasteiger partial charge in [-0.1, -0.05) is 55.1 Å². The largest absolute Gasteiger partial charge is 0.469 e. The molecule has 3 atom stereocenters. The molecule has 2 heterocycles. The van der Waals surface area contributed by atoms with E-state index in [1.165, 1.54) is 19.3 Å². The number of furan rings is 1. The molecule has 300 valence electrons. The van der Waals surface area contributed by atoms with Crippen molar-refractivity contribution < 1.29 is 37.9 Å². The molecule has 4 rings (SSSR count). The van der Waals surface area contributed by atoms with Gasteiger partial charge in [0.2, 0.25) is 35.4 Å². The van der Waals surface area contributed by atoms with Gasteiger partial charge < -0.3 is 46.4 Å². The van der Waals surface area contributed by atoms with Gasteiger partial charge in [0.15, 0.2) is 0 Å². The van der Waals surface area contributed by atoms with Crippen molar-refractivity contribution in [1.82, 2.24) is 31.5 Å². The second-order valence-corrected chi connectivity index (χ2v) is 13.5. The van der Waals surface area contributed by atoms with Crippen LogP contribution in [0.4, 0.5) is 0 Å². The second kappa shape index (κ2) is 22.5. The van der Waals surface area contributed by atoms with Crippen molar-refractivity contribution in [3.8, 4) is 0 Å². The molecule has 2 aromatic carbocycles. The number of amides is 6. The minimum atomic E-state index is -0.960. The van der Waals surface area contributed by atoms with Gasteiger partial charge in [-0.2, -0.15) is 0 Å². The van der Waals surface area contributed by atoms with Crippen LogP contribution < -0.4 is 32.3 Å². The van der Waals surface area contributed by atoms with Crippen LogP contribution >= 0.6 is 0 Å². The van der Waals surface area contributed by atoms with Crippen molar-refractivity contribution in [3.63, 3.8) is 0 Å². The van der Waals surface area contributed by atoms with Gasteiger partial charge in [0, 0.05) is 59.0 Å². The van der Waals surface area contributed by atoms with Crippen LogP contribution in [0.1, 0.15) is 47.8 Å². The molecule has 0 radical (unpaired) electrons. The number of carbonyl (C=O) groups excluding carboxylic acids is 6. The zero-order valence-electron chi connectivity index (χ0n) is 31.9. The first-order valence-electron chi connectivity index (χ1n) is 18.8. The van der Waals surface area contributed by atoms with Crippen molar-refractivity contribution in [2.75, 3.05) is 39.4 Å². The number of nitrogens with two attached hydrogens (primary N) is 1. The normalized spacial score (nSPS) is 14.8. The maximum atomic E-state index is 13.6. The van der Waals surface area contributed by atoms with Crippen LogP contribution in [-0.2, 0) is 65.9 Å². The molecule has 15 heteroatoms. The van der Waals surface area contributed by atoms with Crippen molar-refractivity contribution in [2.24, 2.45) is 11.7 Å². The predicted octanol–water partition coefficient (Wildman–Crippen LogP) is 1.05. The third kappa shape index (κ3) is 13.8. The van der Waals surface area contributed by atoms with Crippen molar-refractivity contribution in [1.29, 1.82) is 0 Å². The summed E-state index contributed by atoms with van der Waals surface area (Å²) in [5.74, 6) is -1.95. The van der Waals surface area contributed by atoms with E-state index in [9.17, 15) is 28.8 Å². The molecule has 3 aromatic rings. The van der Waals surface area contributed by atoms with E-state index in [1.807, 2.05) is 24.3 Å². The van der Waals surface area contributed by atoms with E-state index in [-0.39, 0.29) is 69.8 Å².